The van der Waals surface area contributed by atoms with E-state index < -0.39 is 4.92 Å². The van der Waals surface area contributed by atoms with E-state index >= 15 is 0 Å². The Bertz CT molecular complexity index is 487. The molecular formula is C14H19ClN2O3. The van der Waals surface area contributed by atoms with Crippen LogP contribution in [0, 0.1) is 10.1 Å². The predicted molar refractivity (Wildman–Crippen MR) is 77.8 cm³/mol. The molecule has 0 aliphatic heterocycles. The molecule has 1 aromatic rings. The van der Waals surface area contributed by atoms with Crippen LogP contribution in [0.1, 0.15) is 37.7 Å². The lowest BCUT2D eigenvalue weighted by Crippen LogP contribution is -2.46. The summed E-state index contributed by atoms with van der Waals surface area (Å²) >= 11 is 6.01. The van der Waals surface area contributed by atoms with Gasteiger partial charge >= 0.3 is 0 Å². The minimum absolute atomic E-state index is 0.00721. The van der Waals surface area contributed by atoms with Crippen LogP contribution in [0.25, 0.3) is 0 Å². The molecule has 20 heavy (non-hydrogen) atoms. The summed E-state index contributed by atoms with van der Waals surface area (Å²) in [7, 11) is 0. The van der Waals surface area contributed by atoms with Crippen LogP contribution < -0.4 is 5.73 Å². The van der Waals surface area contributed by atoms with Gasteiger partial charge in [0.05, 0.1) is 28.7 Å². The van der Waals surface area contributed by atoms with E-state index in [1.54, 1.807) is 12.1 Å². The average Bonchev–Trinajstić information content (AvgIpc) is 2.41. The SMILES string of the molecule is NC1(COCc2c(Cl)cccc2[N+](=O)[O-])CCCCC1. The lowest BCUT2D eigenvalue weighted by molar-refractivity contribution is -0.385. The van der Waals surface area contributed by atoms with Crippen molar-refractivity contribution in [3.8, 4) is 0 Å². The molecule has 0 atom stereocenters. The Labute approximate surface area is 123 Å². The minimum atomic E-state index is -0.441. The van der Waals surface area contributed by atoms with Crippen molar-refractivity contribution in [2.75, 3.05) is 6.61 Å². The number of nitrogens with two attached hydrogens (primary N) is 1. The van der Waals surface area contributed by atoms with Gasteiger partial charge in [-0.25, -0.2) is 0 Å². The highest BCUT2D eigenvalue weighted by Crippen LogP contribution is 2.29. The fraction of sp³-hybridized carbons (Fsp3) is 0.571. The van der Waals surface area contributed by atoms with E-state index in [1.165, 1.54) is 12.5 Å². The van der Waals surface area contributed by atoms with Gasteiger partial charge in [0.25, 0.3) is 5.69 Å². The fourth-order valence-electron chi connectivity index (χ4n) is 2.62. The maximum absolute atomic E-state index is 11.0. The summed E-state index contributed by atoms with van der Waals surface area (Å²) in [5.74, 6) is 0. The molecular weight excluding hydrogens is 280 g/mol. The molecule has 1 aliphatic carbocycles. The molecule has 0 unspecified atom stereocenters. The van der Waals surface area contributed by atoms with Gasteiger partial charge in [0, 0.05) is 11.6 Å². The fourth-order valence-corrected chi connectivity index (χ4v) is 2.84. The van der Waals surface area contributed by atoms with Gasteiger partial charge in [-0.3, -0.25) is 10.1 Å². The topological polar surface area (TPSA) is 78.4 Å². The standard InChI is InChI=1S/C14H19ClN2O3/c15-12-5-4-6-13(17(18)19)11(12)9-20-10-14(16)7-2-1-3-8-14/h4-6H,1-3,7-10,16H2. The van der Waals surface area contributed by atoms with E-state index in [-0.39, 0.29) is 17.8 Å². The Hall–Kier alpha value is -1.17. The highest BCUT2D eigenvalue weighted by atomic mass is 35.5. The van der Waals surface area contributed by atoms with Crippen molar-refractivity contribution in [3.63, 3.8) is 0 Å². The van der Waals surface area contributed by atoms with Crippen molar-refractivity contribution < 1.29 is 9.66 Å². The first-order valence-corrected chi connectivity index (χ1v) is 7.18. The smallest absolute Gasteiger partial charge is 0.276 e. The van der Waals surface area contributed by atoms with Crippen LogP contribution >= 0.6 is 11.6 Å². The third-order valence-electron chi connectivity index (χ3n) is 3.78. The van der Waals surface area contributed by atoms with Crippen molar-refractivity contribution >= 4 is 17.3 Å². The summed E-state index contributed by atoms with van der Waals surface area (Å²) in [5.41, 5.74) is 6.38. The molecule has 6 heteroatoms. The number of benzene rings is 1. The third kappa shape index (κ3) is 3.69. The van der Waals surface area contributed by atoms with Crippen molar-refractivity contribution in [1.82, 2.24) is 0 Å². The minimum Gasteiger partial charge on any atom is -0.375 e. The number of ether oxygens (including phenoxy) is 1. The Morgan fingerprint density at radius 2 is 2.05 bits per heavy atom. The van der Waals surface area contributed by atoms with Crippen molar-refractivity contribution in [1.29, 1.82) is 0 Å². The van der Waals surface area contributed by atoms with Gasteiger partial charge in [-0.15, -0.1) is 0 Å². The van der Waals surface area contributed by atoms with Crippen LogP contribution in [0.3, 0.4) is 0 Å². The zero-order valence-corrected chi connectivity index (χ0v) is 12.1. The van der Waals surface area contributed by atoms with Gasteiger partial charge in [0.1, 0.15) is 0 Å². The molecule has 0 bridgehead atoms. The molecule has 1 fully saturated rings. The Morgan fingerprint density at radius 3 is 2.70 bits per heavy atom. The molecule has 0 amide bonds. The zero-order chi connectivity index (χ0) is 14.6. The van der Waals surface area contributed by atoms with Crippen LogP contribution in [0.15, 0.2) is 18.2 Å². The van der Waals surface area contributed by atoms with Crippen LogP contribution in [-0.2, 0) is 11.3 Å². The van der Waals surface area contributed by atoms with Crippen LogP contribution in [-0.4, -0.2) is 17.1 Å². The Morgan fingerprint density at radius 1 is 1.35 bits per heavy atom. The lowest BCUT2D eigenvalue weighted by atomic mass is 9.83. The average molecular weight is 299 g/mol. The first-order chi connectivity index (χ1) is 9.52. The zero-order valence-electron chi connectivity index (χ0n) is 11.3. The summed E-state index contributed by atoms with van der Waals surface area (Å²) in [6.07, 6.45) is 5.34. The highest BCUT2D eigenvalue weighted by molar-refractivity contribution is 6.31. The number of nitrogens with zero attached hydrogens (tertiary/aromatic N) is 1. The normalized spacial score (nSPS) is 17.9. The van der Waals surface area contributed by atoms with Gasteiger partial charge in [0.2, 0.25) is 0 Å². The molecule has 0 spiro atoms. The van der Waals surface area contributed by atoms with Gasteiger partial charge in [0.15, 0.2) is 0 Å². The molecule has 2 N–H and O–H groups in total. The monoisotopic (exact) mass is 298 g/mol. The molecule has 110 valence electrons. The first kappa shape index (κ1) is 15.2. The van der Waals surface area contributed by atoms with E-state index in [4.69, 9.17) is 22.1 Å². The second kappa shape index (κ2) is 6.52. The second-order valence-electron chi connectivity index (χ2n) is 5.41. The predicted octanol–water partition coefficient (Wildman–Crippen LogP) is 3.43. The lowest BCUT2D eigenvalue weighted by Gasteiger charge is -2.33. The van der Waals surface area contributed by atoms with Crippen molar-refractivity contribution in [3.05, 3.63) is 38.9 Å². The highest BCUT2D eigenvalue weighted by Gasteiger charge is 2.28. The molecule has 2 rings (SSSR count). The molecule has 5 nitrogen and oxygen atoms in total. The summed E-state index contributed by atoms with van der Waals surface area (Å²) in [6.45, 7) is 0.532. The summed E-state index contributed by atoms with van der Waals surface area (Å²) < 4.78 is 5.62. The first-order valence-electron chi connectivity index (χ1n) is 6.80. The summed E-state index contributed by atoms with van der Waals surface area (Å²) in [4.78, 5) is 10.5. The third-order valence-corrected chi connectivity index (χ3v) is 4.13. The molecule has 1 saturated carbocycles. The van der Waals surface area contributed by atoms with E-state index in [0.717, 1.165) is 25.7 Å². The number of rotatable bonds is 5. The molecule has 1 aliphatic rings. The van der Waals surface area contributed by atoms with E-state index in [9.17, 15) is 10.1 Å². The molecule has 0 aromatic heterocycles. The number of halogens is 1. The quantitative estimate of drug-likeness (QED) is 0.667. The van der Waals surface area contributed by atoms with E-state index in [0.29, 0.717) is 17.2 Å². The maximum atomic E-state index is 11.0. The van der Waals surface area contributed by atoms with Gasteiger partial charge < -0.3 is 10.5 Å². The second-order valence-corrected chi connectivity index (χ2v) is 5.82. The largest absolute Gasteiger partial charge is 0.375 e. The van der Waals surface area contributed by atoms with Gasteiger partial charge in [-0.1, -0.05) is 36.9 Å². The van der Waals surface area contributed by atoms with E-state index in [2.05, 4.69) is 0 Å². The maximum Gasteiger partial charge on any atom is 0.276 e. The van der Waals surface area contributed by atoms with Crippen molar-refractivity contribution in [2.24, 2.45) is 5.73 Å². The van der Waals surface area contributed by atoms with Crippen molar-refractivity contribution in [2.45, 2.75) is 44.2 Å². The molecule has 0 saturated heterocycles. The van der Waals surface area contributed by atoms with E-state index in [1.807, 2.05) is 0 Å². The van der Waals surface area contributed by atoms with Crippen LogP contribution in [0.5, 0.6) is 0 Å². The number of nitro benzene ring substituents is 1. The number of nitro groups is 1. The van der Waals surface area contributed by atoms with Gasteiger partial charge in [-0.05, 0) is 18.9 Å². The Kier molecular flexibility index (Phi) is 4.96. The summed E-state index contributed by atoms with van der Waals surface area (Å²) in [6, 6.07) is 4.63. The molecule has 0 radical (unpaired) electrons. The molecule has 0 heterocycles. The summed E-state index contributed by atoms with van der Waals surface area (Å²) in [5, 5.41) is 11.3. The molecule has 1 aromatic carbocycles. The Balaban J connectivity index is 1.99. The number of hydrogen-bond acceptors (Lipinski definition) is 4. The van der Waals surface area contributed by atoms with Crippen LogP contribution in [0.4, 0.5) is 5.69 Å². The van der Waals surface area contributed by atoms with Crippen LogP contribution in [0.2, 0.25) is 5.02 Å². The van der Waals surface area contributed by atoms with Gasteiger partial charge in [-0.2, -0.15) is 0 Å². The number of hydrogen-bond donors (Lipinski definition) is 1.